The van der Waals surface area contributed by atoms with Gasteiger partial charge in [0.05, 0.1) is 42.5 Å². The third-order valence-electron chi connectivity index (χ3n) is 10.3. The molecule has 4 aliphatic heterocycles. The van der Waals surface area contributed by atoms with Crippen molar-refractivity contribution in [3.63, 3.8) is 0 Å². The summed E-state index contributed by atoms with van der Waals surface area (Å²) in [7, 11) is 0. The number of nitrogens with one attached hydrogen (secondary N) is 1. The largest absolute Gasteiger partial charge is 0.480 e. The van der Waals surface area contributed by atoms with Crippen molar-refractivity contribution < 1.29 is 51.2 Å². The van der Waals surface area contributed by atoms with Crippen LogP contribution < -0.4 is 14.8 Å². The number of halogens is 4. The van der Waals surface area contributed by atoms with Gasteiger partial charge in [-0.05, 0) is 58.4 Å². The molecule has 0 spiro atoms. The Morgan fingerprint density at radius 1 is 1.07 bits per heavy atom. The second-order valence-corrected chi connectivity index (χ2v) is 15.6. The number of carbonyl (C=O) groups is 2. The lowest BCUT2D eigenvalue weighted by atomic mass is 9.79. The van der Waals surface area contributed by atoms with Gasteiger partial charge in [0.2, 0.25) is 0 Å². The SMILES string of the molecule is CC(C)(C)OC(=O)N1CCC[C@H]1[C@@]1(c2ccccc2)Cc2c(cc(F)c(Cl)c2-c2c(C(=O)N[C@@H]3COC[C@H]3F)cnc(OCCO[C@H]3CCCCO3)c2F)O1. The smallest absolute Gasteiger partial charge is 0.410 e. The van der Waals surface area contributed by atoms with Crippen LogP contribution in [0.4, 0.5) is 18.0 Å². The minimum atomic E-state index is -1.50. The number of hydrogen-bond acceptors (Lipinski definition) is 9. The van der Waals surface area contributed by atoms with Gasteiger partial charge in [0, 0.05) is 48.5 Å². The number of carbonyl (C=O) groups excluding carboxylic acids is 2. The Morgan fingerprint density at radius 3 is 2.58 bits per heavy atom. The molecule has 2 amide bonds. The van der Waals surface area contributed by atoms with Crippen molar-refractivity contribution in [1.29, 1.82) is 0 Å². The predicted molar refractivity (Wildman–Crippen MR) is 195 cm³/mol. The molecule has 0 radical (unpaired) electrons. The molecule has 1 N–H and O–H groups in total. The minimum absolute atomic E-state index is 0.00288. The summed E-state index contributed by atoms with van der Waals surface area (Å²) in [5.74, 6) is -3.34. The number of aromatic nitrogens is 1. The Kier molecular flexibility index (Phi) is 11.5. The third-order valence-corrected chi connectivity index (χ3v) is 10.6. The van der Waals surface area contributed by atoms with Gasteiger partial charge < -0.3 is 38.6 Å². The molecule has 296 valence electrons. The fourth-order valence-corrected chi connectivity index (χ4v) is 8.03. The fraction of sp³-hybridized carbons (Fsp3) is 0.525. The van der Waals surface area contributed by atoms with Crippen LogP contribution in [0.3, 0.4) is 0 Å². The normalized spacial score (nSPS) is 25.0. The summed E-state index contributed by atoms with van der Waals surface area (Å²) in [5, 5.41) is 2.09. The summed E-state index contributed by atoms with van der Waals surface area (Å²) < 4.78 is 82.5. The molecule has 7 rings (SSSR count). The minimum Gasteiger partial charge on any atom is -0.480 e. The van der Waals surface area contributed by atoms with Gasteiger partial charge in [-0.15, -0.1) is 0 Å². The van der Waals surface area contributed by atoms with Gasteiger partial charge >= 0.3 is 6.09 Å². The summed E-state index contributed by atoms with van der Waals surface area (Å²) >= 11 is 6.78. The van der Waals surface area contributed by atoms with Crippen LogP contribution in [0.5, 0.6) is 11.6 Å². The zero-order chi connectivity index (χ0) is 38.9. The first-order valence-electron chi connectivity index (χ1n) is 18.7. The van der Waals surface area contributed by atoms with Gasteiger partial charge in [-0.2, -0.15) is 0 Å². The summed E-state index contributed by atoms with van der Waals surface area (Å²) in [5.41, 5.74) is -1.99. The monoisotopic (exact) mass is 787 g/mol. The standard InChI is InChI=1S/C40H45ClF3N3O8/c1-39(2,3)55-38(49)47-14-9-12-30(47)40(23-10-5-4-6-11-23)19-24-29(54-40)18-26(42)34(41)32(24)33-25(36(48)46-28-22-50-21-27(28)43)20-45-37(35(33)44)53-17-16-52-31-13-7-8-15-51-31/h4-6,10-11,18,20,27-28,30-31H,7-9,12-17,19,21-22H2,1-3H3,(H,46,48)/t27-,28-,30+,31+,40+/m1/s1. The first-order valence-corrected chi connectivity index (χ1v) is 19.1. The molecule has 0 bridgehead atoms. The maximum Gasteiger partial charge on any atom is 0.410 e. The highest BCUT2D eigenvalue weighted by atomic mass is 35.5. The van der Waals surface area contributed by atoms with Crippen molar-refractivity contribution in [2.45, 2.75) is 95.0 Å². The quantitative estimate of drug-likeness (QED) is 0.211. The Bertz CT molecular complexity index is 1890. The maximum atomic E-state index is 17.1. The number of likely N-dealkylation sites (tertiary alicyclic amines) is 1. The number of fused-ring (bicyclic) bond motifs is 1. The molecule has 0 unspecified atom stereocenters. The second-order valence-electron chi connectivity index (χ2n) is 15.2. The van der Waals surface area contributed by atoms with Crippen LogP contribution in [-0.4, -0.2) is 91.6 Å². The van der Waals surface area contributed by atoms with Crippen molar-refractivity contribution in [2.75, 3.05) is 39.6 Å². The van der Waals surface area contributed by atoms with Gasteiger partial charge in [-0.1, -0.05) is 41.9 Å². The summed E-state index contributed by atoms with van der Waals surface area (Å²) in [6.45, 7) is 5.94. The van der Waals surface area contributed by atoms with Crippen LogP contribution in [0.25, 0.3) is 11.1 Å². The average molecular weight is 788 g/mol. The highest BCUT2D eigenvalue weighted by Crippen LogP contribution is 2.53. The van der Waals surface area contributed by atoms with E-state index < -0.39 is 75.8 Å². The number of pyridine rings is 1. The molecular formula is C40H45ClF3N3O8. The highest BCUT2D eigenvalue weighted by molar-refractivity contribution is 6.34. The zero-order valence-corrected chi connectivity index (χ0v) is 31.8. The van der Waals surface area contributed by atoms with E-state index in [1.807, 2.05) is 30.3 Å². The van der Waals surface area contributed by atoms with Crippen molar-refractivity contribution in [2.24, 2.45) is 0 Å². The molecule has 2 aromatic carbocycles. The molecule has 3 saturated heterocycles. The van der Waals surface area contributed by atoms with Crippen LogP contribution in [0.1, 0.15) is 74.4 Å². The van der Waals surface area contributed by atoms with Gasteiger partial charge in [0.25, 0.3) is 11.8 Å². The third kappa shape index (κ3) is 8.09. The van der Waals surface area contributed by atoms with E-state index >= 15 is 8.78 Å². The van der Waals surface area contributed by atoms with Crippen molar-refractivity contribution in [3.8, 4) is 22.8 Å². The molecule has 55 heavy (non-hydrogen) atoms. The molecule has 4 aliphatic rings. The fourth-order valence-electron chi connectivity index (χ4n) is 7.77. The number of rotatable bonds is 10. The van der Waals surface area contributed by atoms with Crippen LogP contribution >= 0.6 is 11.6 Å². The predicted octanol–water partition coefficient (Wildman–Crippen LogP) is 7.30. The van der Waals surface area contributed by atoms with E-state index in [1.165, 1.54) is 0 Å². The summed E-state index contributed by atoms with van der Waals surface area (Å²) in [6.07, 6.45) is 2.44. The number of amides is 2. The van der Waals surface area contributed by atoms with Crippen LogP contribution in [0.15, 0.2) is 42.6 Å². The molecule has 0 saturated carbocycles. The average Bonchev–Trinajstić information content (AvgIpc) is 3.91. The molecule has 1 aromatic heterocycles. The maximum absolute atomic E-state index is 17.1. The lowest BCUT2D eigenvalue weighted by molar-refractivity contribution is -0.165. The van der Waals surface area contributed by atoms with Gasteiger partial charge in [-0.3, -0.25) is 4.79 Å². The van der Waals surface area contributed by atoms with Gasteiger partial charge in [-0.25, -0.2) is 22.9 Å². The van der Waals surface area contributed by atoms with E-state index in [9.17, 15) is 14.0 Å². The molecule has 11 nitrogen and oxygen atoms in total. The summed E-state index contributed by atoms with van der Waals surface area (Å²) in [6, 6.07) is 8.72. The van der Waals surface area contributed by atoms with E-state index in [2.05, 4.69) is 10.3 Å². The number of ether oxygens (including phenoxy) is 6. The Hall–Kier alpha value is -4.11. The number of benzene rings is 2. The van der Waals surface area contributed by atoms with Crippen molar-refractivity contribution in [3.05, 3.63) is 75.9 Å². The number of nitrogens with zero attached hydrogens (tertiary/aromatic N) is 2. The van der Waals surface area contributed by atoms with Gasteiger partial charge in [0.15, 0.2) is 17.7 Å². The van der Waals surface area contributed by atoms with E-state index in [0.717, 1.165) is 31.5 Å². The lowest BCUT2D eigenvalue weighted by Crippen LogP contribution is -2.53. The first kappa shape index (κ1) is 39.1. The number of alkyl halides is 1. The molecular weight excluding hydrogens is 743 g/mol. The number of hydrogen-bond donors (Lipinski definition) is 1. The topological polar surface area (TPSA) is 118 Å². The van der Waals surface area contributed by atoms with Crippen LogP contribution in [-0.2, 0) is 31.0 Å². The molecule has 15 heteroatoms. The second kappa shape index (κ2) is 16.2. The van der Waals surface area contributed by atoms with Crippen LogP contribution in [0, 0.1) is 11.6 Å². The first-order chi connectivity index (χ1) is 26.4. The van der Waals surface area contributed by atoms with E-state index in [-0.39, 0.29) is 49.7 Å². The molecule has 5 atom stereocenters. The molecule has 0 aliphatic carbocycles. The van der Waals surface area contributed by atoms with E-state index in [4.69, 9.17) is 40.0 Å². The molecule has 3 aromatic rings. The van der Waals surface area contributed by atoms with Crippen LogP contribution in [0.2, 0.25) is 5.02 Å². The molecule has 5 heterocycles. The Balaban J connectivity index is 1.31. The summed E-state index contributed by atoms with van der Waals surface area (Å²) in [4.78, 5) is 33.3. The Labute approximate surface area is 322 Å². The zero-order valence-electron chi connectivity index (χ0n) is 31.0. The van der Waals surface area contributed by atoms with Crippen molar-refractivity contribution in [1.82, 2.24) is 15.2 Å². The van der Waals surface area contributed by atoms with E-state index in [1.54, 1.807) is 25.7 Å². The van der Waals surface area contributed by atoms with Gasteiger partial charge in [0.1, 0.15) is 29.9 Å². The highest BCUT2D eigenvalue weighted by Gasteiger charge is 2.54. The Morgan fingerprint density at radius 2 is 1.87 bits per heavy atom. The lowest BCUT2D eigenvalue weighted by Gasteiger charge is -2.40. The molecule has 3 fully saturated rings. The van der Waals surface area contributed by atoms with Crippen molar-refractivity contribution >= 4 is 23.6 Å². The van der Waals surface area contributed by atoms with E-state index in [0.29, 0.717) is 37.1 Å².